The number of ketones is 1. The van der Waals surface area contributed by atoms with E-state index in [-0.39, 0.29) is 34.6 Å². The van der Waals surface area contributed by atoms with Crippen molar-refractivity contribution in [3.8, 4) is 11.5 Å². The molecule has 196 valence electrons. The summed E-state index contributed by atoms with van der Waals surface area (Å²) in [4.78, 5) is 46.1. The first-order valence-electron chi connectivity index (χ1n) is 11.9. The Morgan fingerprint density at radius 3 is 2.35 bits per heavy atom. The Morgan fingerprint density at radius 2 is 1.76 bits per heavy atom. The number of likely N-dealkylation sites (tertiary alicyclic amines) is 2. The topological polar surface area (TPSA) is 119 Å². The Balaban J connectivity index is 1.78. The molecular formula is C26H28ClN3O7. The van der Waals surface area contributed by atoms with Crippen molar-refractivity contribution in [2.24, 2.45) is 0 Å². The summed E-state index contributed by atoms with van der Waals surface area (Å²) >= 11 is 6.31. The van der Waals surface area contributed by atoms with Crippen LogP contribution in [0.2, 0.25) is 5.02 Å². The number of aliphatic hydroxyl groups is 1. The largest absolute Gasteiger partial charge is 0.507 e. The van der Waals surface area contributed by atoms with Crippen LogP contribution in [0.5, 0.6) is 11.5 Å². The zero-order valence-electron chi connectivity index (χ0n) is 20.8. The number of piperidine rings is 1. The minimum Gasteiger partial charge on any atom is -0.507 e. The molecule has 37 heavy (non-hydrogen) atoms. The summed E-state index contributed by atoms with van der Waals surface area (Å²) in [5, 5.41) is 11.6. The van der Waals surface area contributed by atoms with Gasteiger partial charge in [-0.3, -0.25) is 14.6 Å². The number of carbonyl (C=O) groups is 3. The highest BCUT2D eigenvalue weighted by Gasteiger charge is 2.49. The fourth-order valence-corrected chi connectivity index (χ4v) is 5.07. The van der Waals surface area contributed by atoms with Crippen molar-refractivity contribution in [3.05, 3.63) is 58.4 Å². The number of methoxy groups -OCH3 is 2. The predicted octanol–water partition coefficient (Wildman–Crippen LogP) is 3.79. The lowest BCUT2D eigenvalue weighted by Crippen LogP contribution is -2.48. The average Bonchev–Trinajstić information content (AvgIpc) is 3.19. The summed E-state index contributed by atoms with van der Waals surface area (Å²) in [7, 11) is 2.86. The van der Waals surface area contributed by atoms with Crippen molar-refractivity contribution in [1.29, 1.82) is 0 Å². The van der Waals surface area contributed by atoms with E-state index < -0.39 is 29.6 Å². The molecule has 11 heteroatoms. The molecule has 2 aromatic rings. The third kappa shape index (κ3) is 4.93. The highest BCUT2D eigenvalue weighted by molar-refractivity contribution is 6.46. The lowest BCUT2D eigenvalue weighted by Gasteiger charge is -2.38. The second-order valence-electron chi connectivity index (χ2n) is 8.59. The number of ether oxygens (including phenoxy) is 3. The lowest BCUT2D eigenvalue weighted by molar-refractivity contribution is -0.142. The molecule has 10 nitrogen and oxygen atoms in total. The van der Waals surface area contributed by atoms with Gasteiger partial charge in [-0.1, -0.05) is 11.6 Å². The van der Waals surface area contributed by atoms with Gasteiger partial charge in [-0.2, -0.15) is 0 Å². The zero-order valence-corrected chi connectivity index (χ0v) is 21.5. The second kappa shape index (κ2) is 11.1. The predicted molar refractivity (Wildman–Crippen MR) is 135 cm³/mol. The van der Waals surface area contributed by atoms with Crippen molar-refractivity contribution in [3.63, 3.8) is 0 Å². The molecule has 0 spiro atoms. The number of carbonyl (C=O) groups excluding carboxylic acids is 3. The number of benzene rings is 1. The van der Waals surface area contributed by atoms with Gasteiger partial charge in [-0.25, -0.2) is 4.79 Å². The maximum Gasteiger partial charge on any atom is 0.409 e. The number of amides is 2. The highest BCUT2D eigenvalue weighted by Crippen LogP contribution is 2.44. The number of rotatable bonds is 6. The maximum atomic E-state index is 13.4. The quantitative estimate of drug-likeness (QED) is 0.341. The summed E-state index contributed by atoms with van der Waals surface area (Å²) in [6.07, 6.45) is 3.61. The van der Waals surface area contributed by atoms with Crippen LogP contribution < -0.4 is 9.47 Å². The smallest absolute Gasteiger partial charge is 0.409 e. The van der Waals surface area contributed by atoms with Crippen LogP contribution in [-0.2, 0) is 14.3 Å². The average molecular weight is 530 g/mol. The Bertz CT molecular complexity index is 1230. The van der Waals surface area contributed by atoms with Gasteiger partial charge in [0.1, 0.15) is 17.3 Å². The molecule has 1 aromatic carbocycles. The van der Waals surface area contributed by atoms with Crippen molar-refractivity contribution < 1.29 is 33.7 Å². The van der Waals surface area contributed by atoms with Crippen LogP contribution in [0.3, 0.4) is 0 Å². The number of halogens is 1. The monoisotopic (exact) mass is 529 g/mol. The molecule has 2 saturated heterocycles. The maximum absolute atomic E-state index is 13.4. The molecule has 0 saturated carbocycles. The molecule has 1 aromatic heterocycles. The van der Waals surface area contributed by atoms with E-state index in [4.69, 9.17) is 25.8 Å². The minimum absolute atomic E-state index is 0.0800. The van der Waals surface area contributed by atoms with E-state index in [0.717, 1.165) is 0 Å². The van der Waals surface area contributed by atoms with Crippen LogP contribution in [0.15, 0.2) is 42.2 Å². The highest BCUT2D eigenvalue weighted by atomic mass is 35.5. The third-order valence-electron chi connectivity index (χ3n) is 6.61. The van der Waals surface area contributed by atoms with Gasteiger partial charge in [0.2, 0.25) is 0 Å². The van der Waals surface area contributed by atoms with E-state index in [2.05, 4.69) is 4.98 Å². The summed E-state index contributed by atoms with van der Waals surface area (Å²) in [6, 6.07) is 5.12. The molecule has 1 unspecified atom stereocenters. The number of hydrogen-bond donors (Lipinski definition) is 1. The molecular weight excluding hydrogens is 502 g/mol. The summed E-state index contributed by atoms with van der Waals surface area (Å²) in [5.41, 5.74) is 0.688. The van der Waals surface area contributed by atoms with Gasteiger partial charge >= 0.3 is 6.09 Å². The molecule has 2 fully saturated rings. The van der Waals surface area contributed by atoms with E-state index in [0.29, 0.717) is 37.2 Å². The Morgan fingerprint density at radius 1 is 1.11 bits per heavy atom. The summed E-state index contributed by atoms with van der Waals surface area (Å²) in [6.45, 7) is 2.76. The second-order valence-corrected chi connectivity index (χ2v) is 9.00. The van der Waals surface area contributed by atoms with Crippen LogP contribution in [0.4, 0.5) is 4.79 Å². The fraction of sp³-hybridized carbons (Fsp3) is 0.385. The first-order valence-corrected chi connectivity index (χ1v) is 12.2. The number of nitrogens with zero attached hydrogens (tertiary/aromatic N) is 3. The summed E-state index contributed by atoms with van der Waals surface area (Å²) < 4.78 is 15.7. The van der Waals surface area contributed by atoms with Gasteiger partial charge in [0.15, 0.2) is 0 Å². The van der Waals surface area contributed by atoms with Crippen LogP contribution in [0, 0.1) is 0 Å². The Labute approximate surface area is 219 Å². The molecule has 3 heterocycles. The molecule has 0 radical (unpaired) electrons. The first kappa shape index (κ1) is 26.3. The van der Waals surface area contributed by atoms with Gasteiger partial charge in [-0.05, 0) is 43.5 Å². The van der Waals surface area contributed by atoms with Gasteiger partial charge in [-0.15, -0.1) is 0 Å². The molecule has 1 N–H and O–H groups in total. The Kier molecular flexibility index (Phi) is 7.87. The van der Waals surface area contributed by atoms with Crippen molar-refractivity contribution in [2.45, 2.75) is 31.8 Å². The summed E-state index contributed by atoms with van der Waals surface area (Å²) in [5.74, 6) is -1.40. The van der Waals surface area contributed by atoms with E-state index in [9.17, 15) is 19.5 Å². The standard InChI is InChI=1S/C26H28ClN3O7/c1-4-37-26(34)29-11-7-16(8-12-29)30-22(15-5-9-28-10-6-15)21(24(32)25(30)33)23(31)17-13-18(27)20(36-3)14-19(17)35-2/h5-6,9-10,13-14,16,22,31H,4,7-8,11-12H2,1-3H3/b23-21+. The first-order chi connectivity index (χ1) is 17.8. The van der Waals surface area contributed by atoms with E-state index in [1.54, 1.807) is 36.4 Å². The number of pyridine rings is 1. The molecule has 0 bridgehead atoms. The van der Waals surface area contributed by atoms with Gasteiger partial charge in [0, 0.05) is 37.6 Å². The number of aliphatic hydroxyl groups excluding tert-OH is 1. The van der Waals surface area contributed by atoms with E-state index in [1.807, 2.05) is 0 Å². The fourth-order valence-electron chi connectivity index (χ4n) is 4.83. The zero-order chi connectivity index (χ0) is 26.7. The van der Waals surface area contributed by atoms with Crippen molar-refractivity contribution >= 4 is 35.1 Å². The Hall–Kier alpha value is -3.79. The van der Waals surface area contributed by atoms with E-state index >= 15 is 0 Å². The lowest BCUT2D eigenvalue weighted by atomic mass is 9.94. The molecule has 2 aliphatic heterocycles. The number of hydrogen-bond acceptors (Lipinski definition) is 8. The molecule has 2 aliphatic rings. The molecule has 4 rings (SSSR count). The molecule has 1 atom stereocenters. The van der Waals surface area contributed by atoms with Gasteiger partial charge < -0.3 is 29.1 Å². The molecule has 2 amide bonds. The molecule has 0 aliphatic carbocycles. The normalized spacial score (nSPS) is 19.7. The SMILES string of the molecule is CCOC(=O)N1CCC(N2C(=O)C(=O)/C(=C(/O)c3cc(Cl)c(OC)cc3OC)C2c2ccncc2)CC1. The minimum atomic E-state index is -0.868. The van der Waals surface area contributed by atoms with Gasteiger partial charge in [0.05, 0.1) is 43.0 Å². The van der Waals surface area contributed by atoms with Crippen molar-refractivity contribution in [2.75, 3.05) is 33.9 Å². The number of aromatic nitrogens is 1. The van der Waals surface area contributed by atoms with Crippen LogP contribution in [-0.4, -0.2) is 77.6 Å². The number of Topliss-reactive ketones (excluding diaryl/α,β-unsaturated/α-hetero) is 1. The van der Waals surface area contributed by atoms with Gasteiger partial charge in [0.25, 0.3) is 11.7 Å². The van der Waals surface area contributed by atoms with Crippen LogP contribution in [0.1, 0.15) is 36.9 Å². The van der Waals surface area contributed by atoms with Crippen LogP contribution in [0.25, 0.3) is 5.76 Å². The van der Waals surface area contributed by atoms with Crippen LogP contribution >= 0.6 is 11.6 Å². The van der Waals surface area contributed by atoms with Crippen molar-refractivity contribution in [1.82, 2.24) is 14.8 Å². The third-order valence-corrected chi connectivity index (χ3v) is 6.91. The van der Waals surface area contributed by atoms with E-state index in [1.165, 1.54) is 31.3 Å².